The van der Waals surface area contributed by atoms with Crippen LogP contribution in [-0.2, 0) is 20.7 Å². The van der Waals surface area contributed by atoms with Gasteiger partial charge in [0.05, 0.1) is 11.8 Å². The Balaban J connectivity index is 2.10. The Morgan fingerprint density at radius 1 is 1.07 bits per heavy atom. The van der Waals surface area contributed by atoms with E-state index in [1.54, 1.807) is 45.9 Å². The Labute approximate surface area is 181 Å². The molecular weight excluding hydrogens is 411 g/mol. The zero-order valence-electron chi connectivity index (χ0n) is 17.0. The van der Waals surface area contributed by atoms with Crippen molar-refractivity contribution < 1.29 is 19.4 Å². The highest BCUT2D eigenvalue weighted by molar-refractivity contribution is 6.35. The highest BCUT2D eigenvalue weighted by Crippen LogP contribution is 2.31. The smallest absolute Gasteiger partial charge is 0.309 e. The molecule has 0 radical (unpaired) electrons. The maximum Gasteiger partial charge on any atom is 0.309 e. The molecule has 2 aromatic rings. The maximum absolute atomic E-state index is 12.2. The Morgan fingerprint density at radius 2 is 1.69 bits per heavy atom. The molecule has 0 aliphatic rings. The summed E-state index contributed by atoms with van der Waals surface area (Å²) in [6.07, 6.45) is 0.540. The molecule has 0 bridgehead atoms. The average Bonchev–Trinajstić information content (AvgIpc) is 2.62. The van der Waals surface area contributed by atoms with Gasteiger partial charge in [-0.3, -0.25) is 9.59 Å². The number of carbonyl (C=O) groups excluding carboxylic acids is 1. The van der Waals surface area contributed by atoms with Crippen LogP contribution < -0.4 is 0 Å². The maximum atomic E-state index is 12.2. The molecule has 0 saturated carbocycles. The minimum Gasteiger partial charge on any atom is -0.481 e. The standard InChI is InChI=1S/C23H26Cl2O4/c1-14(22(28)29-23(2,3)4)11-17(21(26)27)12-15-5-7-16(8-6-15)19-13-18(24)9-10-20(19)25/h5-10,13-14,17H,11-12H2,1-4H3,(H,26,27)/t14-,17+/m1/s1. The lowest BCUT2D eigenvalue weighted by Crippen LogP contribution is -2.30. The van der Waals surface area contributed by atoms with Gasteiger partial charge in [0.2, 0.25) is 0 Å². The number of carbonyl (C=O) groups is 2. The van der Waals surface area contributed by atoms with E-state index < -0.39 is 23.4 Å². The quantitative estimate of drug-likeness (QED) is 0.519. The summed E-state index contributed by atoms with van der Waals surface area (Å²) in [6, 6.07) is 12.8. The number of benzene rings is 2. The van der Waals surface area contributed by atoms with E-state index in [9.17, 15) is 14.7 Å². The molecule has 156 valence electrons. The molecule has 0 fully saturated rings. The highest BCUT2D eigenvalue weighted by atomic mass is 35.5. The molecule has 2 atom stereocenters. The van der Waals surface area contributed by atoms with Gasteiger partial charge >= 0.3 is 11.9 Å². The number of carboxylic acid groups (broad SMARTS) is 1. The average molecular weight is 437 g/mol. The van der Waals surface area contributed by atoms with E-state index in [4.69, 9.17) is 27.9 Å². The fourth-order valence-electron chi connectivity index (χ4n) is 3.02. The van der Waals surface area contributed by atoms with Crippen molar-refractivity contribution in [3.63, 3.8) is 0 Å². The molecule has 29 heavy (non-hydrogen) atoms. The van der Waals surface area contributed by atoms with Crippen LogP contribution >= 0.6 is 23.2 Å². The topological polar surface area (TPSA) is 63.6 Å². The molecule has 0 unspecified atom stereocenters. The van der Waals surface area contributed by atoms with Crippen molar-refractivity contribution >= 4 is 35.1 Å². The van der Waals surface area contributed by atoms with Gasteiger partial charge in [-0.2, -0.15) is 0 Å². The van der Waals surface area contributed by atoms with Crippen LogP contribution in [0, 0.1) is 11.8 Å². The molecule has 4 nitrogen and oxygen atoms in total. The van der Waals surface area contributed by atoms with Crippen LogP contribution in [0.2, 0.25) is 10.0 Å². The molecule has 6 heteroatoms. The Hall–Kier alpha value is -2.04. The number of esters is 1. The van der Waals surface area contributed by atoms with Gasteiger partial charge in [-0.05, 0) is 62.9 Å². The molecular formula is C23H26Cl2O4. The van der Waals surface area contributed by atoms with Gasteiger partial charge in [-0.25, -0.2) is 0 Å². The van der Waals surface area contributed by atoms with Crippen LogP contribution in [0.15, 0.2) is 42.5 Å². The van der Waals surface area contributed by atoms with Gasteiger partial charge in [-0.15, -0.1) is 0 Å². The molecule has 0 aliphatic heterocycles. The van der Waals surface area contributed by atoms with Crippen LogP contribution in [0.5, 0.6) is 0 Å². The van der Waals surface area contributed by atoms with Crippen LogP contribution in [0.1, 0.15) is 39.7 Å². The van der Waals surface area contributed by atoms with E-state index >= 15 is 0 Å². The van der Waals surface area contributed by atoms with Crippen LogP contribution in [0.25, 0.3) is 11.1 Å². The third-order valence-electron chi connectivity index (χ3n) is 4.47. The number of hydrogen-bond acceptors (Lipinski definition) is 3. The minimum atomic E-state index is -0.928. The fourth-order valence-corrected chi connectivity index (χ4v) is 3.42. The number of rotatable bonds is 7. The van der Waals surface area contributed by atoms with Crippen molar-refractivity contribution in [1.29, 1.82) is 0 Å². The molecule has 0 saturated heterocycles. The molecule has 0 spiro atoms. The molecule has 0 aromatic heterocycles. The van der Waals surface area contributed by atoms with Crippen molar-refractivity contribution in [1.82, 2.24) is 0 Å². The zero-order valence-corrected chi connectivity index (χ0v) is 18.6. The first-order valence-electron chi connectivity index (χ1n) is 9.46. The second-order valence-corrected chi connectivity index (χ2v) is 9.07. The second kappa shape index (κ2) is 9.64. The van der Waals surface area contributed by atoms with Crippen molar-refractivity contribution in [2.75, 3.05) is 0 Å². The van der Waals surface area contributed by atoms with E-state index in [0.717, 1.165) is 16.7 Å². The van der Waals surface area contributed by atoms with E-state index in [-0.39, 0.29) is 12.4 Å². The van der Waals surface area contributed by atoms with Gasteiger partial charge in [0, 0.05) is 15.6 Å². The van der Waals surface area contributed by atoms with Gasteiger partial charge in [-0.1, -0.05) is 54.4 Å². The monoisotopic (exact) mass is 436 g/mol. The van der Waals surface area contributed by atoms with Gasteiger partial charge in [0.25, 0.3) is 0 Å². The molecule has 0 heterocycles. The normalized spacial score (nSPS) is 13.6. The summed E-state index contributed by atoms with van der Waals surface area (Å²) >= 11 is 12.3. The van der Waals surface area contributed by atoms with Gasteiger partial charge < -0.3 is 9.84 Å². The third kappa shape index (κ3) is 7.06. The van der Waals surface area contributed by atoms with E-state index in [1.807, 2.05) is 24.3 Å². The first-order chi connectivity index (χ1) is 13.5. The van der Waals surface area contributed by atoms with Crippen LogP contribution in [0.3, 0.4) is 0 Å². The van der Waals surface area contributed by atoms with Gasteiger partial charge in [0.15, 0.2) is 0 Å². The first-order valence-corrected chi connectivity index (χ1v) is 10.2. The summed E-state index contributed by atoms with van der Waals surface area (Å²) in [5.74, 6) is -2.49. The molecule has 2 aromatic carbocycles. The number of aliphatic carboxylic acids is 1. The largest absolute Gasteiger partial charge is 0.481 e. The lowest BCUT2D eigenvalue weighted by Gasteiger charge is -2.23. The predicted octanol–water partition coefficient (Wildman–Crippen LogP) is 6.27. The highest BCUT2D eigenvalue weighted by Gasteiger charge is 2.27. The Kier molecular flexibility index (Phi) is 7.73. The van der Waals surface area contributed by atoms with Gasteiger partial charge in [0.1, 0.15) is 5.60 Å². The van der Waals surface area contributed by atoms with E-state index in [1.165, 1.54) is 0 Å². The fraction of sp³-hybridized carbons (Fsp3) is 0.391. The minimum absolute atomic E-state index is 0.214. The Bertz CT molecular complexity index is 869. The Morgan fingerprint density at radius 3 is 2.24 bits per heavy atom. The summed E-state index contributed by atoms with van der Waals surface area (Å²) in [6.45, 7) is 7.08. The molecule has 2 rings (SSSR count). The number of ether oxygens (including phenoxy) is 1. The summed E-state index contributed by atoms with van der Waals surface area (Å²) < 4.78 is 5.36. The number of halogens is 2. The van der Waals surface area contributed by atoms with Crippen LogP contribution in [-0.4, -0.2) is 22.6 Å². The number of hydrogen-bond donors (Lipinski definition) is 1. The summed E-state index contributed by atoms with van der Waals surface area (Å²) in [4.78, 5) is 23.9. The second-order valence-electron chi connectivity index (χ2n) is 8.23. The third-order valence-corrected chi connectivity index (χ3v) is 5.04. The van der Waals surface area contributed by atoms with Crippen LogP contribution in [0.4, 0.5) is 0 Å². The predicted molar refractivity (Wildman–Crippen MR) is 116 cm³/mol. The molecule has 0 aliphatic carbocycles. The first kappa shape index (κ1) is 23.2. The lowest BCUT2D eigenvalue weighted by molar-refractivity contribution is -0.160. The van der Waals surface area contributed by atoms with E-state index in [0.29, 0.717) is 16.5 Å². The summed E-state index contributed by atoms with van der Waals surface area (Å²) in [5, 5.41) is 10.8. The SMILES string of the molecule is C[C@H](C[C@@H](Cc1ccc(-c2cc(Cl)ccc2Cl)cc1)C(=O)O)C(=O)OC(C)(C)C. The van der Waals surface area contributed by atoms with Crippen molar-refractivity contribution in [3.05, 3.63) is 58.1 Å². The molecule has 1 N–H and O–H groups in total. The number of carboxylic acids is 1. The summed E-state index contributed by atoms with van der Waals surface area (Å²) in [5.41, 5.74) is 1.99. The van der Waals surface area contributed by atoms with Crippen molar-refractivity contribution in [2.24, 2.45) is 11.8 Å². The lowest BCUT2D eigenvalue weighted by atomic mass is 9.89. The van der Waals surface area contributed by atoms with E-state index in [2.05, 4.69) is 0 Å². The summed E-state index contributed by atoms with van der Waals surface area (Å²) in [7, 11) is 0. The van der Waals surface area contributed by atoms with Crippen molar-refractivity contribution in [2.45, 2.75) is 46.1 Å². The van der Waals surface area contributed by atoms with Crippen molar-refractivity contribution in [3.8, 4) is 11.1 Å². The zero-order chi connectivity index (χ0) is 21.8. The molecule has 0 amide bonds.